The third kappa shape index (κ3) is 2.85. The minimum atomic E-state index is 0.652. The topological polar surface area (TPSA) is 47.1 Å². The van der Waals surface area contributed by atoms with E-state index in [0.29, 0.717) is 5.92 Å². The molecule has 106 valence electrons. The van der Waals surface area contributed by atoms with Gasteiger partial charge < -0.3 is 5.73 Å². The summed E-state index contributed by atoms with van der Waals surface area (Å²) in [5.74, 6) is 0.652. The van der Waals surface area contributed by atoms with E-state index in [2.05, 4.69) is 28.2 Å². The van der Waals surface area contributed by atoms with Crippen molar-refractivity contribution in [2.75, 3.05) is 18.8 Å². The minimum absolute atomic E-state index is 0.652. The van der Waals surface area contributed by atoms with E-state index in [4.69, 9.17) is 5.73 Å². The summed E-state index contributed by atoms with van der Waals surface area (Å²) in [5.41, 5.74) is 9.37. The summed E-state index contributed by atoms with van der Waals surface area (Å²) in [4.78, 5) is 2.52. The number of nitrogens with two attached hydrogens (primary N) is 1. The fourth-order valence-electron chi connectivity index (χ4n) is 3.12. The highest BCUT2D eigenvalue weighted by molar-refractivity contribution is 5.40. The summed E-state index contributed by atoms with van der Waals surface area (Å²) in [6.45, 7) is 3.29. The van der Waals surface area contributed by atoms with Crippen LogP contribution in [0.25, 0.3) is 0 Å². The van der Waals surface area contributed by atoms with Crippen LogP contribution in [-0.4, -0.2) is 27.8 Å². The highest BCUT2D eigenvalue weighted by Gasteiger charge is 2.22. The summed E-state index contributed by atoms with van der Waals surface area (Å²) in [5, 5.41) is 4.28. The molecule has 0 aliphatic carbocycles. The van der Waals surface area contributed by atoms with Gasteiger partial charge in [-0.2, -0.15) is 5.10 Å². The molecule has 0 bridgehead atoms. The van der Waals surface area contributed by atoms with Crippen molar-refractivity contribution < 1.29 is 0 Å². The number of hydrogen-bond donors (Lipinski definition) is 1. The fourth-order valence-corrected chi connectivity index (χ4v) is 3.12. The molecular formula is C16H22N4. The van der Waals surface area contributed by atoms with Crippen molar-refractivity contribution in [3.8, 4) is 0 Å². The summed E-state index contributed by atoms with van der Waals surface area (Å²) < 4.78 is 2.01. The maximum Gasteiger partial charge on any atom is 0.0492 e. The monoisotopic (exact) mass is 270 g/mol. The molecule has 20 heavy (non-hydrogen) atoms. The molecule has 0 amide bonds. The van der Waals surface area contributed by atoms with E-state index in [9.17, 15) is 0 Å². The van der Waals surface area contributed by atoms with E-state index >= 15 is 0 Å². The zero-order valence-electron chi connectivity index (χ0n) is 12.0. The molecule has 1 aliphatic heterocycles. The summed E-state index contributed by atoms with van der Waals surface area (Å²) >= 11 is 0. The van der Waals surface area contributed by atoms with E-state index in [1.807, 2.05) is 30.1 Å². The Balaban J connectivity index is 1.58. The fraction of sp³-hybridized carbons (Fsp3) is 0.438. The first-order valence-electron chi connectivity index (χ1n) is 7.27. The van der Waals surface area contributed by atoms with Crippen LogP contribution in [0.5, 0.6) is 0 Å². The van der Waals surface area contributed by atoms with Gasteiger partial charge in [0.1, 0.15) is 0 Å². The Morgan fingerprint density at radius 2 is 2.05 bits per heavy atom. The Kier molecular flexibility index (Phi) is 3.74. The molecule has 1 aromatic carbocycles. The third-order valence-corrected chi connectivity index (χ3v) is 4.22. The first-order chi connectivity index (χ1) is 9.72. The second-order valence-electron chi connectivity index (χ2n) is 5.68. The number of nitrogen functional groups attached to an aromatic ring is 1. The van der Waals surface area contributed by atoms with Crippen LogP contribution >= 0.6 is 0 Å². The molecule has 2 heterocycles. The Morgan fingerprint density at radius 3 is 2.70 bits per heavy atom. The van der Waals surface area contributed by atoms with Crippen LogP contribution in [0.4, 0.5) is 5.69 Å². The Labute approximate surface area is 120 Å². The first-order valence-corrected chi connectivity index (χ1v) is 7.27. The quantitative estimate of drug-likeness (QED) is 0.871. The van der Waals surface area contributed by atoms with Gasteiger partial charge in [0.25, 0.3) is 0 Å². The van der Waals surface area contributed by atoms with Crippen molar-refractivity contribution >= 4 is 5.69 Å². The number of piperidine rings is 1. The lowest BCUT2D eigenvalue weighted by Crippen LogP contribution is -2.33. The number of likely N-dealkylation sites (tertiary alicyclic amines) is 1. The van der Waals surface area contributed by atoms with Gasteiger partial charge in [-0.25, -0.2) is 0 Å². The number of aromatic nitrogens is 2. The van der Waals surface area contributed by atoms with Gasteiger partial charge in [-0.1, -0.05) is 12.1 Å². The zero-order chi connectivity index (χ0) is 13.9. The van der Waals surface area contributed by atoms with Crippen molar-refractivity contribution in [3.05, 3.63) is 47.8 Å². The van der Waals surface area contributed by atoms with Gasteiger partial charge in [0, 0.05) is 37.1 Å². The lowest BCUT2D eigenvalue weighted by molar-refractivity contribution is 0.201. The average Bonchev–Trinajstić information content (AvgIpc) is 2.86. The molecule has 0 unspecified atom stereocenters. The van der Waals surface area contributed by atoms with E-state index in [-0.39, 0.29) is 0 Å². The van der Waals surface area contributed by atoms with Crippen LogP contribution in [0.2, 0.25) is 0 Å². The molecule has 0 saturated carbocycles. The average molecular weight is 270 g/mol. The second-order valence-corrected chi connectivity index (χ2v) is 5.68. The van der Waals surface area contributed by atoms with Gasteiger partial charge >= 0.3 is 0 Å². The number of nitrogens with zero attached hydrogens (tertiary/aromatic N) is 3. The number of rotatable bonds is 3. The molecule has 0 radical (unpaired) electrons. The molecule has 1 fully saturated rings. The standard InChI is InChI=1S/C16H22N4/c1-19-16(5-8-18-19)14-6-9-20(10-7-14)12-13-3-2-4-15(17)11-13/h2-5,8,11,14H,6-7,9-10,12,17H2,1H3. The third-order valence-electron chi connectivity index (χ3n) is 4.22. The molecule has 2 aromatic rings. The highest BCUT2D eigenvalue weighted by Crippen LogP contribution is 2.28. The van der Waals surface area contributed by atoms with Crippen molar-refractivity contribution in [2.45, 2.75) is 25.3 Å². The van der Waals surface area contributed by atoms with Gasteiger partial charge in [-0.3, -0.25) is 9.58 Å². The Hall–Kier alpha value is -1.81. The molecule has 1 aliphatic rings. The lowest BCUT2D eigenvalue weighted by Gasteiger charge is -2.32. The summed E-state index contributed by atoms with van der Waals surface area (Å²) in [7, 11) is 2.04. The van der Waals surface area contributed by atoms with Crippen LogP contribution in [0, 0.1) is 0 Å². The molecule has 0 spiro atoms. The largest absolute Gasteiger partial charge is 0.399 e. The molecule has 0 atom stereocenters. The van der Waals surface area contributed by atoms with Crippen molar-refractivity contribution in [1.82, 2.24) is 14.7 Å². The first kappa shape index (κ1) is 13.2. The maximum absolute atomic E-state index is 5.84. The van der Waals surface area contributed by atoms with Gasteiger partial charge in [0.05, 0.1) is 0 Å². The molecular weight excluding hydrogens is 248 g/mol. The minimum Gasteiger partial charge on any atom is -0.399 e. The van der Waals surface area contributed by atoms with Crippen molar-refractivity contribution in [3.63, 3.8) is 0 Å². The molecule has 1 saturated heterocycles. The predicted molar refractivity (Wildman–Crippen MR) is 81.3 cm³/mol. The van der Waals surface area contributed by atoms with Gasteiger partial charge in [0.15, 0.2) is 0 Å². The molecule has 4 heteroatoms. The van der Waals surface area contributed by atoms with Crippen LogP contribution in [0.15, 0.2) is 36.5 Å². The second kappa shape index (κ2) is 5.67. The SMILES string of the molecule is Cn1nccc1C1CCN(Cc2cccc(N)c2)CC1. The lowest BCUT2D eigenvalue weighted by atomic mass is 9.93. The maximum atomic E-state index is 5.84. The highest BCUT2D eigenvalue weighted by atomic mass is 15.3. The van der Waals surface area contributed by atoms with E-state index in [0.717, 1.165) is 25.3 Å². The number of aryl methyl sites for hydroxylation is 1. The van der Waals surface area contributed by atoms with Crippen LogP contribution in [0.3, 0.4) is 0 Å². The Morgan fingerprint density at radius 1 is 1.25 bits per heavy atom. The summed E-state index contributed by atoms with van der Waals surface area (Å²) in [6.07, 6.45) is 4.32. The predicted octanol–water partition coefficient (Wildman–Crippen LogP) is 2.38. The van der Waals surface area contributed by atoms with Crippen LogP contribution in [-0.2, 0) is 13.6 Å². The molecule has 1 aromatic heterocycles. The normalized spacial score (nSPS) is 17.4. The molecule has 2 N–H and O–H groups in total. The number of anilines is 1. The number of hydrogen-bond acceptors (Lipinski definition) is 3. The number of benzene rings is 1. The van der Waals surface area contributed by atoms with Crippen molar-refractivity contribution in [2.24, 2.45) is 7.05 Å². The van der Waals surface area contributed by atoms with E-state index in [1.165, 1.54) is 24.1 Å². The van der Waals surface area contributed by atoms with Crippen LogP contribution in [0.1, 0.15) is 30.0 Å². The van der Waals surface area contributed by atoms with Crippen molar-refractivity contribution in [1.29, 1.82) is 0 Å². The Bertz CT molecular complexity index is 567. The smallest absolute Gasteiger partial charge is 0.0492 e. The molecule has 3 rings (SSSR count). The van der Waals surface area contributed by atoms with E-state index < -0.39 is 0 Å². The van der Waals surface area contributed by atoms with E-state index in [1.54, 1.807) is 0 Å². The molecule has 4 nitrogen and oxygen atoms in total. The van der Waals surface area contributed by atoms with Crippen LogP contribution < -0.4 is 5.73 Å². The zero-order valence-corrected chi connectivity index (χ0v) is 12.0. The van der Waals surface area contributed by atoms with Gasteiger partial charge in [-0.15, -0.1) is 0 Å². The van der Waals surface area contributed by atoms with Gasteiger partial charge in [-0.05, 0) is 49.7 Å². The summed E-state index contributed by atoms with van der Waals surface area (Å²) in [6, 6.07) is 10.4. The van der Waals surface area contributed by atoms with Gasteiger partial charge in [0.2, 0.25) is 0 Å².